The molecule has 1 saturated heterocycles. The molecule has 3 N–H and O–H groups in total. The minimum absolute atomic E-state index is 0.00318. The van der Waals surface area contributed by atoms with E-state index in [0.717, 1.165) is 31.1 Å². The lowest BCUT2D eigenvalue weighted by atomic mass is 10.0. The fourth-order valence-electron chi connectivity index (χ4n) is 5.25. The quantitative estimate of drug-likeness (QED) is 0.801. The van der Waals surface area contributed by atoms with Gasteiger partial charge in [0.15, 0.2) is 0 Å². The third kappa shape index (κ3) is 1.95. The zero-order chi connectivity index (χ0) is 13.9. The number of nitrogens with zero attached hydrogens (tertiary/aromatic N) is 1. The molecule has 114 valence electrons. The van der Waals surface area contributed by atoms with Crippen LogP contribution in [-0.2, 0) is 10.2 Å². The minimum atomic E-state index is -3.34. The molecule has 0 aromatic heterocycles. The van der Waals surface area contributed by atoms with Crippen LogP contribution in [0.2, 0.25) is 0 Å². The van der Waals surface area contributed by atoms with E-state index in [0.29, 0.717) is 24.9 Å². The van der Waals surface area contributed by atoms with E-state index in [1.807, 2.05) is 0 Å². The molecule has 3 saturated carbocycles. The fraction of sp³-hybridized carbons (Fsp3) is 1.00. The summed E-state index contributed by atoms with van der Waals surface area (Å²) in [5.41, 5.74) is 5.75. The monoisotopic (exact) mass is 299 g/mol. The van der Waals surface area contributed by atoms with Gasteiger partial charge in [0.2, 0.25) is 0 Å². The largest absolute Gasteiger partial charge is 0.329 e. The van der Waals surface area contributed by atoms with Crippen molar-refractivity contribution in [3.05, 3.63) is 0 Å². The molecule has 2 bridgehead atoms. The maximum atomic E-state index is 12.6. The van der Waals surface area contributed by atoms with Crippen molar-refractivity contribution in [3.8, 4) is 0 Å². The van der Waals surface area contributed by atoms with Gasteiger partial charge in [-0.25, -0.2) is 0 Å². The molecule has 5 atom stereocenters. The molecule has 3 aliphatic carbocycles. The van der Waals surface area contributed by atoms with Gasteiger partial charge in [-0.1, -0.05) is 6.42 Å². The van der Waals surface area contributed by atoms with Crippen molar-refractivity contribution in [2.45, 2.75) is 50.6 Å². The Bertz CT molecular complexity index is 479. The van der Waals surface area contributed by atoms with Crippen molar-refractivity contribution in [2.75, 3.05) is 13.1 Å². The number of nitrogens with one attached hydrogen (secondary N) is 1. The van der Waals surface area contributed by atoms with Crippen molar-refractivity contribution in [2.24, 2.45) is 29.4 Å². The number of rotatable bonds is 4. The van der Waals surface area contributed by atoms with Gasteiger partial charge in [0.25, 0.3) is 10.2 Å². The van der Waals surface area contributed by atoms with Gasteiger partial charge < -0.3 is 5.73 Å². The van der Waals surface area contributed by atoms with E-state index in [4.69, 9.17) is 5.73 Å². The fourth-order valence-corrected chi connectivity index (χ4v) is 7.00. The van der Waals surface area contributed by atoms with Crippen LogP contribution >= 0.6 is 0 Å². The number of nitrogens with two attached hydrogens (primary N) is 1. The van der Waals surface area contributed by atoms with Gasteiger partial charge in [-0.05, 0) is 55.8 Å². The van der Waals surface area contributed by atoms with Crippen molar-refractivity contribution in [1.82, 2.24) is 9.03 Å². The Labute approximate surface area is 121 Å². The highest BCUT2D eigenvalue weighted by Crippen LogP contribution is 2.65. The maximum Gasteiger partial charge on any atom is 0.280 e. The average Bonchev–Trinajstić information content (AvgIpc) is 2.85. The molecule has 1 heterocycles. The van der Waals surface area contributed by atoms with Gasteiger partial charge >= 0.3 is 0 Å². The Hall–Kier alpha value is -0.170. The van der Waals surface area contributed by atoms with Crippen molar-refractivity contribution < 1.29 is 8.42 Å². The van der Waals surface area contributed by atoms with Crippen LogP contribution < -0.4 is 10.5 Å². The van der Waals surface area contributed by atoms with Crippen LogP contribution in [0.15, 0.2) is 0 Å². The summed E-state index contributed by atoms with van der Waals surface area (Å²) in [5.74, 6) is 2.88. The molecule has 5 nitrogen and oxygen atoms in total. The first kappa shape index (κ1) is 13.5. The van der Waals surface area contributed by atoms with Crippen molar-refractivity contribution in [1.29, 1.82) is 0 Å². The first-order chi connectivity index (χ1) is 9.62. The Morgan fingerprint density at radius 1 is 1.10 bits per heavy atom. The van der Waals surface area contributed by atoms with E-state index >= 15 is 0 Å². The summed E-state index contributed by atoms with van der Waals surface area (Å²) >= 11 is 0. The zero-order valence-corrected chi connectivity index (χ0v) is 12.7. The van der Waals surface area contributed by atoms with Crippen LogP contribution in [0, 0.1) is 23.7 Å². The Morgan fingerprint density at radius 3 is 2.45 bits per heavy atom. The second-order valence-corrected chi connectivity index (χ2v) is 8.79. The summed E-state index contributed by atoms with van der Waals surface area (Å²) in [5, 5.41) is 0. The molecule has 4 aliphatic rings. The third-order valence-corrected chi connectivity index (χ3v) is 7.84. The van der Waals surface area contributed by atoms with E-state index in [1.54, 1.807) is 4.31 Å². The van der Waals surface area contributed by atoms with Crippen LogP contribution in [0.1, 0.15) is 38.5 Å². The summed E-state index contributed by atoms with van der Waals surface area (Å²) < 4.78 is 29.9. The third-order valence-electron chi connectivity index (χ3n) is 6.17. The van der Waals surface area contributed by atoms with E-state index in [1.165, 1.54) is 19.3 Å². The molecular weight excluding hydrogens is 274 g/mol. The lowest BCUT2D eigenvalue weighted by molar-refractivity contribution is 0.253. The van der Waals surface area contributed by atoms with E-state index < -0.39 is 10.2 Å². The molecule has 5 unspecified atom stereocenters. The van der Waals surface area contributed by atoms with Crippen molar-refractivity contribution in [3.63, 3.8) is 0 Å². The molecule has 1 aliphatic heterocycles. The van der Waals surface area contributed by atoms with Crippen LogP contribution in [0.3, 0.4) is 0 Å². The SMILES string of the molecule is NCC1CCCCN1S(=O)(=O)NC1C2C3CCC(C3)C12. The predicted octanol–water partition coefficient (Wildman–Crippen LogP) is 0.678. The zero-order valence-electron chi connectivity index (χ0n) is 11.9. The highest BCUT2D eigenvalue weighted by Gasteiger charge is 2.66. The summed E-state index contributed by atoms with van der Waals surface area (Å²) in [6.07, 6.45) is 6.94. The molecule has 0 aromatic carbocycles. The van der Waals surface area contributed by atoms with Crippen LogP contribution in [0.4, 0.5) is 0 Å². The lowest BCUT2D eigenvalue weighted by Crippen LogP contribution is -2.52. The molecule has 0 radical (unpaired) electrons. The molecule has 0 spiro atoms. The van der Waals surface area contributed by atoms with Gasteiger partial charge in [0, 0.05) is 25.2 Å². The minimum Gasteiger partial charge on any atom is -0.329 e. The van der Waals surface area contributed by atoms with Gasteiger partial charge in [0.05, 0.1) is 0 Å². The van der Waals surface area contributed by atoms with Gasteiger partial charge in [0.1, 0.15) is 0 Å². The molecular formula is C14H25N3O2S. The highest BCUT2D eigenvalue weighted by molar-refractivity contribution is 7.87. The van der Waals surface area contributed by atoms with E-state index in [9.17, 15) is 8.42 Å². The second kappa shape index (κ2) is 4.66. The molecule has 0 aromatic rings. The van der Waals surface area contributed by atoms with Crippen molar-refractivity contribution >= 4 is 10.2 Å². The number of hydrogen-bond acceptors (Lipinski definition) is 3. The Balaban J connectivity index is 1.45. The summed E-state index contributed by atoms with van der Waals surface area (Å²) in [6.45, 7) is 1.07. The number of piperidine rings is 1. The van der Waals surface area contributed by atoms with Gasteiger partial charge in [-0.15, -0.1) is 0 Å². The van der Waals surface area contributed by atoms with E-state index in [2.05, 4.69) is 4.72 Å². The van der Waals surface area contributed by atoms with Crippen LogP contribution in [0.5, 0.6) is 0 Å². The highest BCUT2D eigenvalue weighted by atomic mass is 32.2. The smallest absolute Gasteiger partial charge is 0.280 e. The lowest BCUT2D eigenvalue weighted by Gasteiger charge is -2.34. The van der Waals surface area contributed by atoms with E-state index in [-0.39, 0.29) is 12.1 Å². The summed E-state index contributed by atoms with van der Waals surface area (Å²) in [4.78, 5) is 0. The normalized spacial score (nSPS) is 47.5. The Morgan fingerprint density at radius 2 is 1.80 bits per heavy atom. The first-order valence-corrected chi connectivity index (χ1v) is 9.55. The topological polar surface area (TPSA) is 75.4 Å². The maximum absolute atomic E-state index is 12.6. The molecule has 20 heavy (non-hydrogen) atoms. The first-order valence-electron chi connectivity index (χ1n) is 8.11. The second-order valence-electron chi connectivity index (χ2n) is 7.13. The predicted molar refractivity (Wildman–Crippen MR) is 77.1 cm³/mol. The number of fused-ring (bicyclic) bond motifs is 5. The van der Waals surface area contributed by atoms with Crippen LogP contribution in [-0.4, -0.2) is 37.9 Å². The standard InChI is InChI=1S/C14H25N3O2S/c15-8-11-3-1-2-6-17(11)20(18,19)16-14-12-9-4-5-10(7-9)13(12)14/h9-14,16H,1-8,15H2. The van der Waals surface area contributed by atoms with Gasteiger partial charge in [-0.3, -0.25) is 0 Å². The van der Waals surface area contributed by atoms with Crippen LogP contribution in [0.25, 0.3) is 0 Å². The molecule has 4 rings (SSSR count). The summed E-state index contributed by atoms with van der Waals surface area (Å²) in [7, 11) is -3.34. The summed E-state index contributed by atoms with van der Waals surface area (Å²) in [6, 6.07) is 0.225. The molecule has 6 heteroatoms. The Kier molecular flexibility index (Phi) is 3.15. The molecule has 4 fully saturated rings. The number of hydrogen-bond donors (Lipinski definition) is 2. The average molecular weight is 299 g/mol. The molecule has 0 amide bonds. The van der Waals surface area contributed by atoms with Gasteiger partial charge in [-0.2, -0.15) is 17.4 Å².